The Labute approximate surface area is 123 Å². The Hall–Kier alpha value is -1.72. The first-order chi connectivity index (χ1) is 9.74. The van der Waals surface area contributed by atoms with Gasteiger partial charge in [0.25, 0.3) is 0 Å². The summed E-state index contributed by atoms with van der Waals surface area (Å²) < 4.78 is 1.21. The molecule has 100 valence electrons. The molecular formula is C15H11NO2S2. The lowest BCUT2D eigenvalue weighted by molar-refractivity contribution is 0.0700. The van der Waals surface area contributed by atoms with Crippen LogP contribution in [0.25, 0.3) is 20.7 Å². The summed E-state index contributed by atoms with van der Waals surface area (Å²) in [7, 11) is 0. The molecule has 0 bridgehead atoms. The number of benzene rings is 1. The zero-order valence-electron chi connectivity index (χ0n) is 10.5. The lowest BCUT2D eigenvalue weighted by Crippen LogP contribution is -1.97. The van der Waals surface area contributed by atoms with Crippen molar-refractivity contribution in [2.75, 3.05) is 0 Å². The molecule has 0 aliphatic heterocycles. The summed E-state index contributed by atoms with van der Waals surface area (Å²) in [5.74, 6) is -0.494. The number of carboxylic acid groups (broad SMARTS) is 1. The second kappa shape index (κ2) is 4.40. The number of fused-ring (bicyclic) bond motifs is 1. The van der Waals surface area contributed by atoms with Gasteiger partial charge < -0.3 is 5.11 Å². The molecule has 0 unspecified atom stereocenters. The van der Waals surface area contributed by atoms with Crippen LogP contribution in [0, 0.1) is 0 Å². The third-order valence-electron chi connectivity index (χ3n) is 3.52. The van der Waals surface area contributed by atoms with Crippen LogP contribution in [0.3, 0.4) is 0 Å². The Kier molecular flexibility index (Phi) is 2.65. The number of aromatic nitrogens is 1. The Morgan fingerprint density at radius 2 is 2.10 bits per heavy atom. The third kappa shape index (κ3) is 1.85. The van der Waals surface area contributed by atoms with E-state index in [-0.39, 0.29) is 0 Å². The fourth-order valence-electron chi connectivity index (χ4n) is 2.38. The molecule has 5 heteroatoms. The Bertz CT molecular complexity index is 814. The molecule has 1 aromatic carbocycles. The number of hydrogen-bond acceptors (Lipinski definition) is 4. The maximum atomic E-state index is 11.4. The van der Waals surface area contributed by atoms with Crippen LogP contribution < -0.4 is 0 Å². The van der Waals surface area contributed by atoms with Gasteiger partial charge in [-0.2, -0.15) is 0 Å². The first kappa shape index (κ1) is 12.1. The van der Waals surface area contributed by atoms with E-state index in [0.717, 1.165) is 34.5 Å². The average molecular weight is 301 g/mol. The number of aromatic carboxylic acids is 1. The predicted octanol–water partition coefficient (Wildman–Crippen LogP) is 4.60. The van der Waals surface area contributed by atoms with Gasteiger partial charge in [0.2, 0.25) is 0 Å². The highest BCUT2D eigenvalue weighted by molar-refractivity contribution is 7.20. The largest absolute Gasteiger partial charge is 0.477 e. The normalized spacial score (nSPS) is 14.8. The number of rotatable bonds is 3. The zero-order valence-corrected chi connectivity index (χ0v) is 12.1. The van der Waals surface area contributed by atoms with Crippen LogP contribution in [0.5, 0.6) is 0 Å². The van der Waals surface area contributed by atoms with E-state index in [0.29, 0.717) is 10.8 Å². The quantitative estimate of drug-likeness (QED) is 0.769. The maximum Gasteiger partial charge on any atom is 0.347 e. The summed E-state index contributed by atoms with van der Waals surface area (Å²) in [5.41, 5.74) is 1.85. The van der Waals surface area contributed by atoms with Crippen molar-refractivity contribution in [1.82, 2.24) is 4.98 Å². The van der Waals surface area contributed by atoms with E-state index in [1.54, 1.807) is 11.3 Å². The standard InChI is InChI=1S/C15H11NO2S2/c17-15(18)13-12(8-5-6-8)16-14(20-13)10-7-19-11-4-2-1-3-9(10)11/h1-4,7-8H,5-6H2,(H,17,18). The number of carboxylic acids is 1. The SMILES string of the molecule is O=C(O)c1sc(-c2csc3ccccc23)nc1C1CC1. The topological polar surface area (TPSA) is 50.2 Å². The van der Waals surface area contributed by atoms with Gasteiger partial charge in [-0.05, 0) is 18.9 Å². The third-order valence-corrected chi connectivity index (χ3v) is 5.58. The molecule has 1 fully saturated rings. The minimum atomic E-state index is -0.852. The molecule has 3 aromatic rings. The summed E-state index contributed by atoms with van der Waals surface area (Å²) >= 11 is 2.98. The van der Waals surface area contributed by atoms with Gasteiger partial charge in [-0.25, -0.2) is 9.78 Å². The van der Waals surface area contributed by atoms with Gasteiger partial charge in [-0.1, -0.05) is 18.2 Å². The van der Waals surface area contributed by atoms with Crippen molar-refractivity contribution < 1.29 is 9.90 Å². The summed E-state index contributed by atoms with van der Waals surface area (Å²) in [6.07, 6.45) is 2.13. The average Bonchev–Trinajstić information content (AvgIpc) is 3.05. The molecule has 2 aromatic heterocycles. The van der Waals surface area contributed by atoms with Crippen LogP contribution >= 0.6 is 22.7 Å². The highest BCUT2D eigenvalue weighted by atomic mass is 32.1. The van der Waals surface area contributed by atoms with Gasteiger partial charge in [0.05, 0.1) is 5.69 Å². The second-order valence-electron chi connectivity index (χ2n) is 4.96. The highest BCUT2D eigenvalue weighted by Gasteiger charge is 2.32. The smallest absolute Gasteiger partial charge is 0.347 e. The molecule has 1 aliphatic rings. The van der Waals surface area contributed by atoms with Crippen LogP contribution in [0.15, 0.2) is 29.6 Å². The Balaban J connectivity index is 1.90. The lowest BCUT2D eigenvalue weighted by atomic mass is 10.2. The van der Waals surface area contributed by atoms with Crippen molar-refractivity contribution in [1.29, 1.82) is 0 Å². The van der Waals surface area contributed by atoms with E-state index in [1.165, 1.54) is 16.0 Å². The first-order valence-corrected chi connectivity index (χ1v) is 8.14. The monoisotopic (exact) mass is 301 g/mol. The molecule has 1 aliphatic carbocycles. The number of thiazole rings is 1. The highest BCUT2D eigenvalue weighted by Crippen LogP contribution is 2.45. The van der Waals surface area contributed by atoms with Gasteiger partial charge in [0.15, 0.2) is 0 Å². The van der Waals surface area contributed by atoms with Crippen LogP contribution in [0.1, 0.15) is 34.1 Å². The van der Waals surface area contributed by atoms with Crippen molar-refractivity contribution in [2.24, 2.45) is 0 Å². The molecular weight excluding hydrogens is 290 g/mol. The molecule has 20 heavy (non-hydrogen) atoms. The number of carbonyl (C=O) groups is 1. The van der Waals surface area contributed by atoms with Crippen LogP contribution in [0.4, 0.5) is 0 Å². The molecule has 3 nitrogen and oxygen atoms in total. The van der Waals surface area contributed by atoms with E-state index in [2.05, 4.69) is 22.5 Å². The number of hydrogen-bond donors (Lipinski definition) is 1. The fourth-order valence-corrected chi connectivity index (χ4v) is 4.42. The van der Waals surface area contributed by atoms with Crippen molar-refractivity contribution in [2.45, 2.75) is 18.8 Å². The van der Waals surface area contributed by atoms with Gasteiger partial charge in [0, 0.05) is 26.9 Å². The summed E-state index contributed by atoms with van der Waals surface area (Å²) in [5, 5.41) is 13.4. The molecule has 0 radical (unpaired) electrons. The Morgan fingerprint density at radius 1 is 1.30 bits per heavy atom. The molecule has 0 atom stereocenters. The summed E-state index contributed by atoms with van der Waals surface area (Å²) in [6, 6.07) is 8.17. The van der Waals surface area contributed by atoms with Crippen molar-refractivity contribution >= 4 is 38.7 Å². The van der Waals surface area contributed by atoms with E-state index in [9.17, 15) is 9.90 Å². The van der Waals surface area contributed by atoms with Crippen molar-refractivity contribution in [3.63, 3.8) is 0 Å². The lowest BCUT2D eigenvalue weighted by Gasteiger charge is -1.93. The van der Waals surface area contributed by atoms with Crippen LogP contribution in [-0.2, 0) is 0 Å². The molecule has 4 rings (SSSR count). The molecule has 1 N–H and O–H groups in total. The predicted molar refractivity (Wildman–Crippen MR) is 81.9 cm³/mol. The zero-order chi connectivity index (χ0) is 13.7. The van der Waals surface area contributed by atoms with Gasteiger partial charge in [-0.15, -0.1) is 22.7 Å². The minimum Gasteiger partial charge on any atom is -0.477 e. The van der Waals surface area contributed by atoms with Crippen molar-refractivity contribution in [3.05, 3.63) is 40.2 Å². The molecule has 0 amide bonds. The summed E-state index contributed by atoms with van der Waals surface area (Å²) in [6.45, 7) is 0. The molecule has 1 saturated carbocycles. The van der Waals surface area contributed by atoms with Gasteiger partial charge in [0.1, 0.15) is 9.88 Å². The van der Waals surface area contributed by atoms with E-state index in [4.69, 9.17) is 0 Å². The van der Waals surface area contributed by atoms with Crippen LogP contribution in [-0.4, -0.2) is 16.1 Å². The number of nitrogens with zero attached hydrogens (tertiary/aromatic N) is 1. The second-order valence-corrected chi connectivity index (χ2v) is 6.87. The van der Waals surface area contributed by atoms with E-state index in [1.807, 2.05) is 12.1 Å². The Morgan fingerprint density at radius 3 is 2.85 bits per heavy atom. The summed E-state index contributed by atoms with van der Waals surface area (Å²) in [4.78, 5) is 16.4. The molecule has 0 saturated heterocycles. The van der Waals surface area contributed by atoms with E-state index >= 15 is 0 Å². The van der Waals surface area contributed by atoms with E-state index < -0.39 is 5.97 Å². The maximum absolute atomic E-state index is 11.4. The molecule has 0 spiro atoms. The molecule has 2 heterocycles. The fraction of sp³-hybridized carbons (Fsp3) is 0.200. The van der Waals surface area contributed by atoms with Gasteiger partial charge >= 0.3 is 5.97 Å². The van der Waals surface area contributed by atoms with Crippen molar-refractivity contribution in [3.8, 4) is 10.6 Å². The van der Waals surface area contributed by atoms with Crippen LogP contribution in [0.2, 0.25) is 0 Å². The first-order valence-electron chi connectivity index (χ1n) is 6.44. The minimum absolute atomic E-state index is 0.357. The van der Waals surface area contributed by atoms with Gasteiger partial charge in [-0.3, -0.25) is 0 Å². The number of thiophene rings is 1.